The predicted molar refractivity (Wildman–Crippen MR) is 58.4 cm³/mol. The molecule has 1 aromatic carbocycles. The van der Waals surface area contributed by atoms with Crippen LogP contribution in [-0.4, -0.2) is 31.7 Å². The molecule has 0 amide bonds. The lowest BCUT2D eigenvalue weighted by atomic mass is 10.3. The maximum absolute atomic E-state index is 11.8. The molecule has 0 aromatic heterocycles. The van der Waals surface area contributed by atoms with E-state index in [0.717, 1.165) is 16.4 Å². The van der Waals surface area contributed by atoms with Crippen molar-refractivity contribution in [1.82, 2.24) is 4.31 Å². The second kappa shape index (κ2) is 4.06. The molecule has 1 rings (SSSR count). The van der Waals surface area contributed by atoms with Gasteiger partial charge in [-0.2, -0.15) is 0 Å². The largest absolute Gasteiger partial charge is 0.398 e. The van der Waals surface area contributed by atoms with Crippen LogP contribution >= 0.6 is 0 Å². The molecule has 0 unspecified atom stereocenters. The predicted octanol–water partition coefficient (Wildman–Crippen LogP) is 0.427. The van der Waals surface area contributed by atoms with Gasteiger partial charge in [0.15, 0.2) is 0 Å². The van der Waals surface area contributed by atoms with Crippen LogP contribution in [0.5, 0.6) is 0 Å². The van der Waals surface area contributed by atoms with Crippen molar-refractivity contribution in [2.75, 3.05) is 19.8 Å². The van der Waals surface area contributed by atoms with Crippen molar-refractivity contribution in [1.29, 1.82) is 0 Å². The SMILES string of the molecule is CN(C)S(=O)(=O)c1cc([N+](=O)[O-])ccc1N. The summed E-state index contributed by atoms with van der Waals surface area (Å²) in [5.41, 5.74) is 5.16. The number of nitrogen functional groups attached to an aromatic ring is 1. The van der Waals surface area contributed by atoms with Crippen LogP contribution in [-0.2, 0) is 10.0 Å². The van der Waals surface area contributed by atoms with Crippen molar-refractivity contribution in [3.63, 3.8) is 0 Å². The van der Waals surface area contributed by atoms with Gasteiger partial charge in [-0.1, -0.05) is 0 Å². The monoisotopic (exact) mass is 245 g/mol. The van der Waals surface area contributed by atoms with Gasteiger partial charge in [0, 0.05) is 26.2 Å². The van der Waals surface area contributed by atoms with Crippen molar-refractivity contribution >= 4 is 21.4 Å². The summed E-state index contributed by atoms with van der Waals surface area (Å²) >= 11 is 0. The lowest BCUT2D eigenvalue weighted by Crippen LogP contribution is -2.23. The number of benzene rings is 1. The number of hydrogen-bond donors (Lipinski definition) is 1. The zero-order valence-electron chi connectivity index (χ0n) is 8.75. The molecule has 0 heterocycles. The first kappa shape index (κ1) is 12.4. The molecule has 16 heavy (non-hydrogen) atoms. The molecule has 0 aliphatic rings. The van der Waals surface area contributed by atoms with E-state index in [4.69, 9.17) is 5.73 Å². The van der Waals surface area contributed by atoms with Crippen LogP contribution in [0.1, 0.15) is 0 Å². The fraction of sp³-hybridized carbons (Fsp3) is 0.250. The second-order valence-electron chi connectivity index (χ2n) is 3.27. The summed E-state index contributed by atoms with van der Waals surface area (Å²) in [5, 5.41) is 10.5. The summed E-state index contributed by atoms with van der Waals surface area (Å²) < 4.78 is 24.4. The Hall–Kier alpha value is -1.67. The summed E-state index contributed by atoms with van der Waals surface area (Å²) in [4.78, 5) is 9.59. The molecule has 0 atom stereocenters. The first-order valence-electron chi connectivity index (χ1n) is 4.23. The molecular formula is C8H11N3O4S. The molecule has 2 N–H and O–H groups in total. The number of nitrogens with two attached hydrogens (primary N) is 1. The van der Waals surface area contributed by atoms with E-state index in [-0.39, 0.29) is 16.3 Å². The first-order valence-corrected chi connectivity index (χ1v) is 5.67. The highest BCUT2D eigenvalue weighted by molar-refractivity contribution is 7.89. The number of nitro groups is 1. The lowest BCUT2D eigenvalue weighted by molar-refractivity contribution is -0.385. The number of non-ortho nitro benzene ring substituents is 1. The van der Waals surface area contributed by atoms with Gasteiger partial charge < -0.3 is 5.73 Å². The van der Waals surface area contributed by atoms with E-state index < -0.39 is 14.9 Å². The van der Waals surface area contributed by atoms with Gasteiger partial charge in [-0.05, 0) is 6.07 Å². The van der Waals surface area contributed by atoms with Crippen molar-refractivity contribution in [3.05, 3.63) is 28.3 Å². The number of nitro benzene ring substituents is 1. The van der Waals surface area contributed by atoms with Gasteiger partial charge >= 0.3 is 0 Å². The molecule has 0 aliphatic carbocycles. The van der Waals surface area contributed by atoms with Crippen molar-refractivity contribution in [2.45, 2.75) is 4.90 Å². The molecule has 0 saturated carbocycles. The third kappa shape index (κ3) is 2.12. The highest BCUT2D eigenvalue weighted by Crippen LogP contribution is 2.25. The van der Waals surface area contributed by atoms with Crippen molar-refractivity contribution < 1.29 is 13.3 Å². The van der Waals surface area contributed by atoms with Crippen molar-refractivity contribution in [3.8, 4) is 0 Å². The van der Waals surface area contributed by atoms with Crippen LogP contribution in [0.3, 0.4) is 0 Å². The average molecular weight is 245 g/mol. The highest BCUT2D eigenvalue weighted by Gasteiger charge is 2.23. The third-order valence-electron chi connectivity index (χ3n) is 1.97. The van der Waals surface area contributed by atoms with Gasteiger partial charge in [-0.3, -0.25) is 10.1 Å². The van der Waals surface area contributed by atoms with E-state index in [1.165, 1.54) is 20.2 Å². The highest BCUT2D eigenvalue weighted by atomic mass is 32.2. The zero-order chi connectivity index (χ0) is 12.5. The zero-order valence-corrected chi connectivity index (χ0v) is 9.56. The topological polar surface area (TPSA) is 107 Å². The molecule has 7 nitrogen and oxygen atoms in total. The Labute approximate surface area is 92.7 Å². The lowest BCUT2D eigenvalue weighted by Gasteiger charge is -2.12. The molecule has 0 radical (unpaired) electrons. The number of sulfonamides is 1. The van der Waals surface area contributed by atoms with Crippen LogP contribution in [0.25, 0.3) is 0 Å². The van der Waals surface area contributed by atoms with E-state index in [1.54, 1.807) is 0 Å². The fourth-order valence-electron chi connectivity index (χ4n) is 1.06. The number of nitrogens with zero attached hydrogens (tertiary/aromatic N) is 2. The molecule has 0 spiro atoms. The van der Waals surface area contributed by atoms with E-state index in [0.29, 0.717) is 0 Å². The van der Waals surface area contributed by atoms with Gasteiger partial charge in [0.25, 0.3) is 5.69 Å². The quantitative estimate of drug-likeness (QED) is 0.472. The van der Waals surface area contributed by atoms with Crippen LogP contribution < -0.4 is 5.73 Å². The fourth-order valence-corrected chi connectivity index (χ4v) is 2.09. The number of hydrogen-bond acceptors (Lipinski definition) is 5. The molecule has 0 fully saturated rings. The minimum absolute atomic E-state index is 0.0145. The Balaban J connectivity index is 3.45. The summed E-state index contributed by atoms with van der Waals surface area (Å²) in [6.45, 7) is 0. The van der Waals surface area contributed by atoms with Crippen LogP contribution in [0, 0.1) is 10.1 Å². The molecule has 1 aromatic rings. The summed E-state index contributed by atoms with van der Waals surface area (Å²) in [6, 6.07) is 3.31. The van der Waals surface area contributed by atoms with E-state index >= 15 is 0 Å². The number of anilines is 1. The van der Waals surface area contributed by atoms with Crippen LogP contribution in [0.4, 0.5) is 11.4 Å². The van der Waals surface area contributed by atoms with E-state index in [2.05, 4.69) is 0 Å². The Morgan fingerprint density at radius 3 is 2.38 bits per heavy atom. The van der Waals surface area contributed by atoms with Crippen molar-refractivity contribution in [2.24, 2.45) is 0 Å². The Morgan fingerprint density at radius 1 is 1.38 bits per heavy atom. The first-order chi connectivity index (χ1) is 7.26. The Morgan fingerprint density at radius 2 is 1.94 bits per heavy atom. The van der Waals surface area contributed by atoms with Gasteiger partial charge in [0.05, 0.1) is 10.6 Å². The van der Waals surface area contributed by atoms with Gasteiger partial charge in [-0.25, -0.2) is 12.7 Å². The van der Waals surface area contributed by atoms with Gasteiger partial charge in [-0.15, -0.1) is 0 Å². The van der Waals surface area contributed by atoms with E-state index in [1.807, 2.05) is 0 Å². The summed E-state index contributed by atoms with van der Waals surface area (Å²) in [5.74, 6) is 0. The molecule has 0 saturated heterocycles. The van der Waals surface area contributed by atoms with Gasteiger partial charge in [0.2, 0.25) is 10.0 Å². The molecule has 0 aliphatic heterocycles. The normalized spacial score (nSPS) is 11.7. The third-order valence-corrected chi connectivity index (χ3v) is 3.84. The maximum Gasteiger partial charge on any atom is 0.270 e. The minimum atomic E-state index is -3.76. The summed E-state index contributed by atoms with van der Waals surface area (Å²) in [7, 11) is -1.11. The van der Waals surface area contributed by atoms with Gasteiger partial charge in [0.1, 0.15) is 4.90 Å². The Bertz CT molecular complexity index is 524. The summed E-state index contributed by atoms with van der Waals surface area (Å²) in [6.07, 6.45) is 0. The van der Waals surface area contributed by atoms with E-state index in [9.17, 15) is 18.5 Å². The minimum Gasteiger partial charge on any atom is -0.398 e. The second-order valence-corrected chi connectivity index (χ2v) is 5.39. The maximum atomic E-state index is 11.8. The standard InChI is InChI=1S/C8H11N3O4S/c1-10(2)16(14,15)8-5-6(11(12)13)3-4-7(8)9/h3-5H,9H2,1-2H3. The molecule has 0 bridgehead atoms. The van der Waals surface area contributed by atoms with Crippen LogP contribution in [0.2, 0.25) is 0 Å². The molecule has 8 heteroatoms. The Kier molecular flexibility index (Phi) is 3.15. The molecule has 88 valence electrons. The number of rotatable bonds is 3. The smallest absolute Gasteiger partial charge is 0.270 e. The van der Waals surface area contributed by atoms with Crippen LogP contribution in [0.15, 0.2) is 23.1 Å². The molecular weight excluding hydrogens is 234 g/mol. The average Bonchev–Trinajstić information content (AvgIpc) is 2.17.